The highest BCUT2D eigenvalue weighted by molar-refractivity contribution is 7.16. The minimum absolute atomic E-state index is 0.137. The highest BCUT2D eigenvalue weighted by Crippen LogP contribution is 2.41. The Morgan fingerprint density at radius 2 is 2.29 bits per heavy atom. The van der Waals surface area contributed by atoms with Crippen LogP contribution in [0.3, 0.4) is 0 Å². The summed E-state index contributed by atoms with van der Waals surface area (Å²) >= 11 is 1.53. The summed E-state index contributed by atoms with van der Waals surface area (Å²) in [6.45, 7) is 2.00. The van der Waals surface area contributed by atoms with E-state index in [1.807, 2.05) is 19.1 Å². The van der Waals surface area contributed by atoms with Crippen molar-refractivity contribution in [2.75, 3.05) is 5.32 Å². The van der Waals surface area contributed by atoms with Crippen molar-refractivity contribution in [2.24, 2.45) is 0 Å². The van der Waals surface area contributed by atoms with E-state index in [4.69, 9.17) is 0 Å². The van der Waals surface area contributed by atoms with Crippen LogP contribution in [0.15, 0.2) is 23.7 Å². The van der Waals surface area contributed by atoms with Gasteiger partial charge in [-0.25, -0.2) is 4.98 Å². The van der Waals surface area contributed by atoms with Gasteiger partial charge in [-0.2, -0.15) is 5.10 Å². The molecule has 4 rings (SSSR count). The molecule has 2 N–H and O–H groups in total. The van der Waals surface area contributed by atoms with Gasteiger partial charge in [0.05, 0.1) is 15.7 Å². The molecule has 3 aromatic rings. The second kappa shape index (κ2) is 4.66. The summed E-state index contributed by atoms with van der Waals surface area (Å²) in [7, 11) is 0. The Bertz CT molecular complexity index is 831. The molecule has 1 fully saturated rings. The molecule has 2 aromatic heterocycles. The molecule has 6 heteroatoms. The summed E-state index contributed by atoms with van der Waals surface area (Å²) < 4.78 is 1.01. The second-order valence-electron chi connectivity index (χ2n) is 5.37. The van der Waals surface area contributed by atoms with E-state index >= 15 is 0 Å². The third kappa shape index (κ3) is 2.21. The molecule has 1 aliphatic rings. The number of thiazole rings is 1. The number of benzene rings is 1. The molecule has 0 radical (unpaired) electrons. The van der Waals surface area contributed by atoms with Crippen LogP contribution in [-0.2, 0) is 0 Å². The first-order valence-corrected chi connectivity index (χ1v) is 7.80. The number of H-pyrrole nitrogens is 1. The Morgan fingerprint density at radius 3 is 3.10 bits per heavy atom. The van der Waals surface area contributed by atoms with Gasteiger partial charge in [-0.1, -0.05) is 0 Å². The van der Waals surface area contributed by atoms with Crippen LogP contribution >= 0.6 is 11.3 Å². The predicted molar refractivity (Wildman–Crippen MR) is 82.9 cm³/mol. The quantitative estimate of drug-likeness (QED) is 0.778. The lowest BCUT2D eigenvalue weighted by molar-refractivity contribution is 0.102. The zero-order chi connectivity index (χ0) is 14.4. The molecule has 0 bridgehead atoms. The first-order valence-electron chi connectivity index (χ1n) is 6.92. The van der Waals surface area contributed by atoms with Crippen molar-refractivity contribution in [1.29, 1.82) is 0 Å². The average Bonchev–Trinajstić information content (AvgIpc) is 3.11. The van der Waals surface area contributed by atoms with Crippen molar-refractivity contribution in [3.8, 4) is 0 Å². The van der Waals surface area contributed by atoms with Gasteiger partial charge in [0.2, 0.25) is 0 Å². The van der Waals surface area contributed by atoms with Crippen molar-refractivity contribution in [1.82, 2.24) is 15.2 Å². The summed E-state index contributed by atoms with van der Waals surface area (Å²) in [5.74, 6) is 1.09. The van der Waals surface area contributed by atoms with Gasteiger partial charge in [-0.05, 0) is 38.0 Å². The Kier molecular flexibility index (Phi) is 2.78. The molecule has 106 valence electrons. The average molecular weight is 298 g/mol. The summed E-state index contributed by atoms with van der Waals surface area (Å²) in [6, 6.07) is 5.53. The van der Waals surface area contributed by atoms with Gasteiger partial charge in [0.15, 0.2) is 5.82 Å². The van der Waals surface area contributed by atoms with E-state index in [-0.39, 0.29) is 5.91 Å². The Morgan fingerprint density at radius 1 is 1.43 bits per heavy atom. The first-order chi connectivity index (χ1) is 10.2. The van der Waals surface area contributed by atoms with E-state index < -0.39 is 0 Å². The molecule has 0 spiro atoms. The highest BCUT2D eigenvalue weighted by Gasteiger charge is 2.28. The zero-order valence-corrected chi connectivity index (χ0v) is 12.3. The topological polar surface area (TPSA) is 70.7 Å². The maximum Gasteiger partial charge on any atom is 0.256 e. The van der Waals surface area contributed by atoms with Crippen molar-refractivity contribution >= 4 is 33.3 Å². The molecule has 21 heavy (non-hydrogen) atoms. The number of hydrogen-bond donors (Lipinski definition) is 2. The molecule has 0 aliphatic heterocycles. The fourth-order valence-corrected chi connectivity index (χ4v) is 3.19. The summed E-state index contributed by atoms with van der Waals surface area (Å²) in [5.41, 5.74) is 5.53. The van der Waals surface area contributed by atoms with Crippen LogP contribution in [0.4, 0.5) is 5.82 Å². The lowest BCUT2D eigenvalue weighted by atomic mass is 10.1. The van der Waals surface area contributed by atoms with Gasteiger partial charge in [0.25, 0.3) is 5.91 Å². The van der Waals surface area contributed by atoms with Gasteiger partial charge in [-0.15, -0.1) is 11.3 Å². The molecule has 0 unspecified atom stereocenters. The van der Waals surface area contributed by atoms with E-state index in [0.29, 0.717) is 17.3 Å². The third-order valence-corrected chi connectivity index (χ3v) is 4.65. The molecule has 0 atom stereocenters. The van der Waals surface area contributed by atoms with Crippen molar-refractivity contribution in [2.45, 2.75) is 25.7 Å². The van der Waals surface area contributed by atoms with Crippen molar-refractivity contribution < 1.29 is 4.79 Å². The standard InChI is InChI=1S/C15H14N4OS/c1-8-13(9-2-3-9)18-19-14(8)17-15(20)10-4-5-11-12(6-10)21-7-16-11/h4-7,9H,2-3H2,1H3,(H2,17,18,19,20). The number of anilines is 1. The first kappa shape index (κ1) is 12.5. The fourth-order valence-electron chi connectivity index (χ4n) is 2.48. The molecule has 2 heterocycles. The van der Waals surface area contributed by atoms with Crippen LogP contribution in [0, 0.1) is 6.92 Å². The zero-order valence-electron chi connectivity index (χ0n) is 11.5. The molecule has 1 amide bonds. The predicted octanol–water partition coefficient (Wildman–Crippen LogP) is 3.46. The number of nitrogens with one attached hydrogen (secondary N) is 2. The monoisotopic (exact) mass is 298 g/mol. The van der Waals surface area contributed by atoms with E-state index in [0.717, 1.165) is 21.5 Å². The van der Waals surface area contributed by atoms with Crippen molar-refractivity contribution in [3.63, 3.8) is 0 Å². The summed E-state index contributed by atoms with van der Waals surface area (Å²) in [5, 5.41) is 10.2. The lowest BCUT2D eigenvalue weighted by Crippen LogP contribution is -2.12. The number of hydrogen-bond acceptors (Lipinski definition) is 4. The minimum atomic E-state index is -0.137. The maximum absolute atomic E-state index is 12.3. The van der Waals surface area contributed by atoms with Gasteiger partial charge >= 0.3 is 0 Å². The van der Waals surface area contributed by atoms with Crippen LogP contribution in [0.2, 0.25) is 0 Å². The molecule has 1 aliphatic carbocycles. The Hall–Kier alpha value is -2.21. The Balaban J connectivity index is 1.59. The number of amides is 1. The van der Waals surface area contributed by atoms with Crippen LogP contribution in [0.1, 0.15) is 40.4 Å². The van der Waals surface area contributed by atoms with E-state index in [1.165, 1.54) is 24.2 Å². The molecule has 5 nitrogen and oxygen atoms in total. The van der Waals surface area contributed by atoms with Crippen LogP contribution in [0.5, 0.6) is 0 Å². The highest BCUT2D eigenvalue weighted by atomic mass is 32.1. The minimum Gasteiger partial charge on any atom is -0.305 e. The van der Waals surface area contributed by atoms with Crippen LogP contribution in [0.25, 0.3) is 10.2 Å². The summed E-state index contributed by atoms with van der Waals surface area (Å²) in [6.07, 6.45) is 2.41. The molecule has 0 saturated heterocycles. The lowest BCUT2D eigenvalue weighted by Gasteiger charge is -2.03. The Labute approximate surface area is 125 Å². The number of aromatic amines is 1. The largest absolute Gasteiger partial charge is 0.305 e. The number of rotatable bonds is 3. The smallest absolute Gasteiger partial charge is 0.256 e. The van der Waals surface area contributed by atoms with E-state index in [2.05, 4.69) is 20.5 Å². The SMILES string of the molecule is Cc1c(NC(=O)c2ccc3ncsc3c2)n[nH]c1C1CC1. The van der Waals surface area contributed by atoms with Gasteiger partial charge in [0.1, 0.15) is 0 Å². The number of carbonyl (C=O) groups excluding carboxylic acids is 1. The molecular formula is C15H14N4OS. The van der Waals surface area contributed by atoms with E-state index in [1.54, 1.807) is 11.6 Å². The van der Waals surface area contributed by atoms with Gasteiger partial charge in [-0.3, -0.25) is 9.89 Å². The number of aromatic nitrogens is 3. The molecule has 1 saturated carbocycles. The normalized spacial score (nSPS) is 14.5. The molecular weight excluding hydrogens is 284 g/mol. The van der Waals surface area contributed by atoms with Gasteiger partial charge < -0.3 is 5.32 Å². The van der Waals surface area contributed by atoms with Crippen molar-refractivity contribution in [3.05, 3.63) is 40.5 Å². The third-order valence-electron chi connectivity index (χ3n) is 3.86. The van der Waals surface area contributed by atoms with E-state index in [9.17, 15) is 4.79 Å². The molecule has 1 aromatic carbocycles. The summed E-state index contributed by atoms with van der Waals surface area (Å²) in [4.78, 5) is 16.6. The fraction of sp³-hybridized carbons (Fsp3) is 0.267. The number of carbonyl (C=O) groups is 1. The number of fused-ring (bicyclic) bond motifs is 1. The van der Waals surface area contributed by atoms with Crippen LogP contribution < -0.4 is 5.32 Å². The number of nitrogens with zero attached hydrogens (tertiary/aromatic N) is 2. The van der Waals surface area contributed by atoms with Gasteiger partial charge in [0, 0.05) is 22.7 Å². The second-order valence-corrected chi connectivity index (χ2v) is 6.26. The van der Waals surface area contributed by atoms with Crippen LogP contribution in [-0.4, -0.2) is 21.1 Å². The maximum atomic E-state index is 12.3.